The monoisotopic (exact) mass is 294 g/mol. The van der Waals surface area contributed by atoms with Gasteiger partial charge in [0, 0.05) is 11.0 Å². The van der Waals surface area contributed by atoms with E-state index in [1.807, 2.05) is 24.3 Å². The Morgan fingerprint density at radius 1 is 1.47 bits per heavy atom. The predicted octanol–water partition coefficient (Wildman–Crippen LogP) is 1.73. The second kappa shape index (κ2) is 5.01. The highest BCUT2D eigenvalue weighted by Gasteiger charge is 2.03. The summed E-state index contributed by atoms with van der Waals surface area (Å²) in [5, 5.41) is 3.02. The molecule has 1 aromatic carbocycles. The standard InChI is InChI=1S/C11H11BrN4O/c12-8-3-1-2-7(4-8)5-14-10-9(13)11(17)16-6-15-10/h1-4,6H,5,13H2,(H2,14,15,16,17). The number of hydrogen-bond donors (Lipinski definition) is 3. The van der Waals surface area contributed by atoms with Crippen LogP contribution in [0.4, 0.5) is 11.5 Å². The Labute approximate surface area is 106 Å². The van der Waals surface area contributed by atoms with Crippen LogP contribution in [0.5, 0.6) is 0 Å². The van der Waals surface area contributed by atoms with Gasteiger partial charge in [0.25, 0.3) is 5.56 Å². The zero-order chi connectivity index (χ0) is 12.3. The smallest absolute Gasteiger partial charge is 0.276 e. The highest BCUT2D eigenvalue weighted by molar-refractivity contribution is 9.10. The molecule has 2 aromatic rings. The lowest BCUT2D eigenvalue weighted by atomic mass is 10.2. The van der Waals surface area contributed by atoms with E-state index in [9.17, 15) is 4.79 Å². The third-order valence-electron chi connectivity index (χ3n) is 2.24. The van der Waals surface area contributed by atoms with Gasteiger partial charge in [-0.25, -0.2) is 4.98 Å². The number of H-pyrrole nitrogens is 1. The van der Waals surface area contributed by atoms with E-state index in [-0.39, 0.29) is 11.2 Å². The molecule has 0 spiro atoms. The number of halogens is 1. The Bertz CT molecular complexity index is 582. The van der Waals surface area contributed by atoms with Crippen molar-refractivity contribution in [2.45, 2.75) is 6.54 Å². The summed E-state index contributed by atoms with van der Waals surface area (Å²) < 4.78 is 1.00. The van der Waals surface area contributed by atoms with Gasteiger partial charge < -0.3 is 16.0 Å². The SMILES string of the molecule is Nc1c(NCc2cccc(Br)c2)nc[nH]c1=O. The number of rotatable bonds is 3. The lowest BCUT2D eigenvalue weighted by Gasteiger charge is -2.07. The zero-order valence-electron chi connectivity index (χ0n) is 8.90. The summed E-state index contributed by atoms with van der Waals surface area (Å²) in [6.45, 7) is 0.556. The molecular formula is C11H11BrN4O. The van der Waals surface area contributed by atoms with E-state index in [4.69, 9.17) is 5.73 Å². The van der Waals surface area contributed by atoms with E-state index in [1.54, 1.807) is 0 Å². The second-order valence-corrected chi connectivity index (χ2v) is 4.39. The maximum atomic E-state index is 11.2. The van der Waals surface area contributed by atoms with Crippen molar-refractivity contribution in [3.8, 4) is 0 Å². The molecule has 0 radical (unpaired) electrons. The van der Waals surface area contributed by atoms with Crippen LogP contribution < -0.4 is 16.6 Å². The summed E-state index contributed by atoms with van der Waals surface area (Å²) in [5.41, 5.74) is 6.43. The fraction of sp³-hybridized carbons (Fsp3) is 0.0909. The minimum Gasteiger partial charge on any atom is -0.391 e. The van der Waals surface area contributed by atoms with Gasteiger partial charge in [-0.15, -0.1) is 0 Å². The maximum absolute atomic E-state index is 11.2. The first kappa shape index (κ1) is 11.7. The van der Waals surface area contributed by atoms with E-state index in [2.05, 4.69) is 31.2 Å². The lowest BCUT2D eigenvalue weighted by molar-refractivity contribution is 1.06. The third-order valence-corrected chi connectivity index (χ3v) is 2.73. The van der Waals surface area contributed by atoms with Crippen LogP contribution in [0, 0.1) is 0 Å². The van der Waals surface area contributed by atoms with Crippen LogP contribution in [-0.4, -0.2) is 9.97 Å². The van der Waals surface area contributed by atoms with Crippen LogP contribution >= 0.6 is 15.9 Å². The first-order valence-electron chi connectivity index (χ1n) is 4.98. The Kier molecular flexibility index (Phi) is 3.43. The fourth-order valence-corrected chi connectivity index (χ4v) is 1.83. The molecule has 2 rings (SSSR count). The van der Waals surface area contributed by atoms with Gasteiger partial charge in [-0.05, 0) is 17.7 Å². The molecule has 0 saturated heterocycles. The van der Waals surface area contributed by atoms with Crippen molar-refractivity contribution in [1.82, 2.24) is 9.97 Å². The Hall–Kier alpha value is -1.82. The topological polar surface area (TPSA) is 83.8 Å². The molecule has 1 aromatic heterocycles. The van der Waals surface area contributed by atoms with Gasteiger partial charge in [0.15, 0.2) is 5.82 Å². The molecule has 0 unspecified atom stereocenters. The molecule has 0 aliphatic heterocycles. The second-order valence-electron chi connectivity index (χ2n) is 3.48. The Morgan fingerprint density at radius 2 is 2.29 bits per heavy atom. The number of nitrogen functional groups attached to an aromatic ring is 1. The number of anilines is 2. The summed E-state index contributed by atoms with van der Waals surface area (Å²) in [5.74, 6) is 0.397. The van der Waals surface area contributed by atoms with E-state index < -0.39 is 0 Å². The minimum absolute atomic E-state index is 0.0995. The minimum atomic E-state index is -0.336. The number of aromatic amines is 1. The fourth-order valence-electron chi connectivity index (χ4n) is 1.38. The van der Waals surface area contributed by atoms with Gasteiger partial charge in [-0.3, -0.25) is 4.79 Å². The molecule has 17 heavy (non-hydrogen) atoms. The highest BCUT2D eigenvalue weighted by atomic mass is 79.9. The van der Waals surface area contributed by atoms with Crippen molar-refractivity contribution in [3.63, 3.8) is 0 Å². The molecule has 0 amide bonds. The first-order chi connectivity index (χ1) is 8.16. The molecule has 1 heterocycles. The molecule has 6 heteroatoms. The Morgan fingerprint density at radius 3 is 3.06 bits per heavy atom. The van der Waals surface area contributed by atoms with Crippen LogP contribution in [0.3, 0.4) is 0 Å². The van der Waals surface area contributed by atoms with Crippen molar-refractivity contribution in [2.75, 3.05) is 11.1 Å². The van der Waals surface area contributed by atoms with E-state index in [0.29, 0.717) is 12.4 Å². The van der Waals surface area contributed by atoms with Crippen LogP contribution in [0.15, 0.2) is 39.9 Å². The average molecular weight is 295 g/mol. The summed E-state index contributed by atoms with van der Waals surface area (Å²) in [7, 11) is 0. The number of benzene rings is 1. The molecule has 0 fully saturated rings. The average Bonchev–Trinajstić information content (AvgIpc) is 2.31. The maximum Gasteiger partial charge on any atom is 0.276 e. The highest BCUT2D eigenvalue weighted by Crippen LogP contribution is 2.14. The summed E-state index contributed by atoms with van der Waals surface area (Å²) in [4.78, 5) is 17.6. The number of hydrogen-bond acceptors (Lipinski definition) is 4. The molecule has 88 valence electrons. The molecule has 0 bridgehead atoms. The van der Waals surface area contributed by atoms with Gasteiger partial charge >= 0.3 is 0 Å². The molecule has 5 nitrogen and oxygen atoms in total. The lowest BCUT2D eigenvalue weighted by Crippen LogP contribution is -2.16. The number of nitrogens with one attached hydrogen (secondary N) is 2. The molecular weight excluding hydrogens is 284 g/mol. The van der Waals surface area contributed by atoms with Crippen LogP contribution in [0.2, 0.25) is 0 Å². The number of nitrogens with two attached hydrogens (primary N) is 1. The summed E-state index contributed by atoms with van der Waals surface area (Å²) >= 11 is 3.39. The normalized spacial score (nSPS) is 10.2. The van der Waals surface area contributed by atoms with Crippen LogP contribution in [0.1, 0.15) is 5.56 Å². The van der Waals surface area contributed by atoms with Gasteiger partial charge in [-0.1, -0.05) is 28.1 Å². The molecule has 0 saturated carbocycles. The molecule has 0 aliphatic rings. The first-order valence-corrected chi connectivity index (χ1v) is 5.77. The molecule has 0 aliphatic carbocycles. The molecule has 4 N–H and O–H groups in total. The summed E-state index contributed by atoms with van der Waals surface area (Å²) in [6.07, 6.45) is 1.32. The van der Waals surface area contributed by atoms with Gasteiger partial charge in [0.2, 0.25) is 0 Å². The largest absolute Gasteiger partial charge is 0.391 e. The Balaban J connectivity index is 2.13. The predicted molar refractivity (Wildman–Crippen MR) is 70.7 cm³/mol. The van der Waals surface area contributed by atoms with Gasteiger partial charge in [-0.2, -0.15) is 0 Å². The van der Waals surface area contributed by atoms with E-state index >= 15 is 0 Å². The van der Waals surface area contributed by atoms with E-state index in [0.717, 1.165) is 10.0 Å². The summed E-state index contributed by atoms with van der Waals surface area (Å²) in [6, 6.07) is 7.84. The number of nitrogens with zero attached hydrogens (tertiary/aromatic N) is 1. The van der Waals surface area contributed by atoms with Crippen LogP contribution in [0.25, 0.3) is 0 Å². The van der Waals surface area contributed by atoms with Crippen molar-refractivity contribution in [3.05, 3.63) is 51.0 Å². The van der Waals surface area contributed by atoms with Crippen molar-refractivity contribution in [1.29, 1.82) is 0 Å². The number of aromatic nitrogens is 2. The van der Waals surface area contributed by atoms with Crippen molar-refractivity contribution in [2.24, 2.45) is 0 Å². The van der Waals surface area contributed by atoms with E-state index in [1.165, 1.54) is 6.33 Å². The van der Waals surface area contributed by atoms with Gasteiger partial charge in [0.05, 0.1) is 6.33 Å². The quantitative estimate of drug-likeness (QED) is 0.805. The van der Waals surface area contributed by atoms with Crippen LogP contribution in [-0.2, 0) is 6.54 Å². The van der Waals surface area contributed by atoms with Crippen molar-refractivity contribution >= 4 is 27.4 Å². The zero-order valence-corrected chi connectivity index (χ0v) is 10.5. The van der Waals surface area contributed by atoms with Gasteiger partial charge in [0.1, 0.15) is 5.69 Å². The van der Waals surface area contributed by atoms with Crippen molar-refractivity contribution < 1.29 is 0 Å². The third kappa shape index (κ3) is 2.85. The molecule has 0 atom stereocenters.